The summed E-state index contributed by atoms with van der Waals surface area (Å²) in [4.78, 5) is 23.4. The minimum absolute atomic E-state index is 0.182. The first kappa shape index (κ1) is 15.8. The topological polar surface area (TPSA) is 52.6 Å². The molecule has 0 saturated carbocycles. The van der Waals surface area contributed by atoms with E-state index in [-0.39, 0.29) is 6.61 Å². The Morgan fingerprint density at radius 3 is 2.41 bits per heavy atom. The van der Waals surface area contributed by atoms with Gasteiger partial charge in [0.1, 0.15) is 12.4 Å². The highest BCUT2D eigenvalue weighted by Crippen LogP contribution is 2.19. The van der Waals surface area contributed by atoms with Crippen LogP contribution in [-0.2, 0) is 16.1 Å². The van der Waals surface area contributed by atoms with Crippen molar-refractivity contribution in [2.24, 2.45) is 0 Å². The SMILES string of the molecule is CCOC(=O)C(=O)c1ccc(OCc2ccccc2)cc1C. The van der Waals surface area contributed by atoms with Crippen LogP contribution in [0.3, 0.4) is 0 Å². The predicted molar refractivity (Wildman–Crippen MR) is 82.9 cm³/mol. The lowest BCUT2D eigenvalue weighted by Crippen LogP contribution is -2.18. The van der Waals surface area contributed by atoms with Crippen LogP contribution in [0.4, 0.5) is 0 Å². The molecular weight excluding hydrogens is 280 g/mol. The summed E-state index contributed by atoms with van der Waals surface area (Å²) in [5.74, 6) is -0.806. The number of benzene rings is 2. The monoisotopic (exact) mass is 298 g/mol. The molecule has 2 aromatic rings. The van der Waals surface area contributed by atoms with Crippen molar-refractivity contribution in [2.45, 2.75) is 20.5 Å². The Balaban J connectivity index is 2.06. The third-order valence-corrected chi connectivity index (χ3v) is 3.15. The zero-order valence-electron chi connectivity index (χ0n) is 12.7. The smallest absolute Gasteiger partial charge is 0.379 e. The van der Waals surface area contributed by atoms with Crippen LogP contribution in [0.1, 0.15) is 28.4 Å². The van der Waals surface area contributed by atoms with Gasteiger partial charge in [0.15, 0.2) is 0 Å². The standard InChI is InChI=1S/C18H18O4/c1-3-21-18(20)17(19)16-10-9-15(11-13(16)2)22-12-14-7-5-4-6-8-14/h4-11H,3,12H2,1-2H3. The van der Waals surface area contributed by atoms with E-state index in [2.05, 4.69) is 0 Å². The van der Waals surface area contributed by atoms with Crippen molar-refractivity contribution in [1.29, 1.82) is 0 Å². The number of ether oxygens (including phenoxy) is 2. The second kappa shape index (κ2) is 7.41. The molecular formula is C18H18O4. The maximum absolute atomic E-state index is 11.9. The number of ketones is 1. The summed E-state index contributed by atoms with van der Waals surface area (Å²) in [6, 6.07) is 14.8. The van der Waals surface area contributed by atoms with Crippen LogP contribution in [-0.4, -0.2) is 18.4 Å². The number of esters is 1. The van der Waals surface area contributed by atoms with E-state index < -0.39 is 11.8 Å². The van der Waals surface area contributed by atoms with Gasteiger partial charge < -0.3 is 9.47 Å². The van der Waals surface area contributed by atoms with Crippen LogP contribution in [0.2, 0.25) is 0 Å². The van der Waals surface area contributed by atoms with Gasteiger partial charge in [-0.3, -0.25) is 4.79 Å². The summed E-state index contributed by atoms with van der Waals surface area (Å²) in [7, 11) is 0. The summed E-state index contributed by atoms with van der Waals surface area (Å²) in [5.41, 5.74) is 2.08. The lowest BCUT2D eigenvalue weighted by molar-refractivity contribution is -0.137. The first-order chi connectivity index (χ1) is 10.6. The molecule has 4 heteroatoms. The molecule has 114 valence electrons. The molecule has 22 heavy (non-hydrogen) atoms. The summed E-state index contributed by atoms with van der Waals surface area (Å²) < 4.78 is 10.4. The van der Waals surface area contributed by atoms with E-state index in [0.717, 1.165) is 5.56 Å². The van der Waals surface area contributed by atoms with E-state index in [0.29, 0.717) is 23.5 Å². The molecule has 0 aliphatic carbocycles. The van der Waals surface area contributed by atoms with Crippen LogP contribution in [0, 0.1) is 6.92 Å². The fourth-order valence-corrected chi connectivity index (χ4v) is 2.03. The lowest BCUT2D eigenvalue weighted by Gasteiger charge is -2.09. The highest BCUT2D eigenvalue weighted by Gasteiger charge is 2.19. The molecule has 0 aliphatic heterocycles. The van der Waals surface area contributed by atoms with Gasteiger partial charge in [-0.1, -0.05) is 30.3 Å². The third kappa shape index (κ3) is 3.95. The fraction of sp³-hybridized carbons (Fsp3) is 0.222. The van der Waals surface area contributed by atoms with Crippen LogP contribution < -0.4 is 4.74 Å². The third-order valence-electron chi connectivity index (χ3n) is 3.15. The number of carbonyl (C=O) groups is 2. The van der Waals surface area contributed by atoms with Crippen molar-refractivity contribution in [3.63, 3.8) is 0 Å². The highest BCUT2D eigenvalue weighted by atomic mass is 16.5. The lowest BCUT2D eigenvalue weighted by atomic mass is 10.0. The number of carbonyl (C=O) groups excluding carboxylic acids is 2. The number of hydrogen-bond donors (Lipinski definition) is 0. The normalized spacial score (nSPS) is 10.1. The molecule has 4 nitrogen and oxygen atoms in total. The largest absolute Gasteiger partial charge is 0.489 e. The molecule has 0 heterocycles. The van der Waals surface area contributed by atoms with Gasteiger partial charge in [0.05, 0.1) is 6.61 Å². The van der Waals surface area contributed by atoms with E-state index in [1.165, 1.54) is 0 Å². The van der Waals surface area contributed by atoms with Crippen LogP contribution in [0.15, 0.2) is 48.5 Å². The van der Waals surface area contributed by atoms with Crippen molar-refractivity contribution in [3.8, 4) is 5.75 Å². The van der Waals surface area contributed by atoms with E-state index >= 15 is 0 Å². The van der Waals surface area contributed by atoms with Crippen molar-refractivity contribution in [1.82, 2.24) is 0 Å². The van der Waals surface area contributed by atoms with Crippen molar-refractivity contribution in [3.05, 3.63) is 65.2 Å². The maximum atomic E-state index is 11.9. The van der Waals surface area contributed by atoms with Crippen molar-refractivity contribution < 1.29 is 19.1 Å². The van der Waals surface area contributed by atoms with Gasteiger partial charge in [-0.15, -0.1) is 0 Å². The molecule has 0 spiro atoms. The average molecular weight is 298 g/mol. The van der Waals surface area contributed by atoms with Crippen molar-refractivity contribution in [2.75, 3.05) is 6.61 Å². The van der Waals surface area contributed by atoms with Gasteiger partial charge in [-0.2, -0.15) is 0 Å². The number of hydrogen-bond acceptors (Lipinski definition) is 4. The quantitative estimate of drug-likeness (QED) is 0.466. The fourth-order valence-electron chi connectivity index (χ4n) is 2.03. The molecule has 2 aromatic carbocycles. The summed E-state index contributed by atoms with van der Waals surface area (Å²) >= 11 is 0. The van der Waals surface area contributed by atoms with Gasteiger partial charge >= 0.3 is 5.97 Å². The molecule has 0 atom stereocenters. The molecule has 0 bridgehead atoms. The Kier molecular flexibility index (Phi) is 5.31. The van der Waals surface area contributed by atoms with E-state index in [1.807, 2.05) is 30.3 Å². The Hall–Kier alpha value is -2.62. The van der Waals surface area contributed by atoms with Crippen LogP contribution >= 0.6 is 0 Å². The molecule has 0 N–H and O–H groups in total. The highest BCUT2D eigenvalue weighted by molar-refractivity contribution is 6.41. The number of aryl methyl sites for hydroxylation is 1. The second-order valence-electron chi connectivity index (χ2n) is 4.80. The predicted octanol–water partition coefficient (Wildman–Crippen LogP) is 3.32. The molecule has 0 aliphatic rings. The first-order valence-electron chi connectivity index (χ1n) is 7.10. The van der Waals surface area contributed by atoms with Crippen molar-refractivity contribution >= 4 is 11.8 Å². The van der Waals surface area contributed by atoms with Gasteiger partial charge in [0, 0.05) is 5.56 Å². The van der Waals surface area contributed by atoms with Crippen LogP contribution in [0.5, 0.6) is 5.75 Å². The minimum Gasteiger partial charge on any atom is -0.489 e. The minimum atomic E-state index is -0.830. The zero-order chi connectivity index (χ0) is 15.9. The van der Waals surface area contributed by atoms with Gasteiger partial charge in [-0.05, 0) is 43.2 Å². The number of rotatable bonds is 6. The van der Waals surface area contributed by atoms with Gasteiger partial charge in [0.2, 0.25) is 0 Å². The first-order valence-corrected chi connectivity index (χ1v) is 7.10. The molecule has 0 saturated heterocycles. The maximum Gasteiger partial charge on any atom is 0.379 e. The molecule has 0 aromatic heterocycles. The summed E-state index contributed by atoms with van der Waals surface area (Å²) in [6.45, 7) is 4.06. The Morgan fingerprint density at radius 2 is 1.77 bits per heavy atom. The molecule has 0 amide bonds. The Bertz CT molecular complexity index is 662. The number of Topliss-reactive ketones (excluding diaryl/α,β-unsaturated/α-hetero) is 1. The molecule has 0 unspecified atom stereocenters. The second-order valence-corrected chi connectivity index (χ2v) is 4.80. The van der Waals surface area contributed by atoms with Crippen LogP contribution in [0.25, 0.3) is 0 Å². The average Bonchev–Trinajstić information content (AvgIpc) is 2.53. The Morgan fingerprint density at radius 1 is 1.05 bits per heavy atom. The van der Waals surface area contributed by atoms with E-state index in [4.69, 9.17) is 9.47 Å². The van der Waals surface area contributed by atoms with Gasteiger partial charge in [-0.25, -0.2) is 4.79 Å². The zero-order valence-corrected chi connectivity index (χ0v) is 12.7. The summed E-state index contributed by atoms with van der Waals surface area (Å²) in [6.07, 6.45) is 0. The molecule has 0 radical (unpaired) electrons. The van der Waals surface area contributed by atoms with E-state index in [1.54, 1.807) is 32.0 Å². The molecule has 0 fully saturated rings. The summed E-state index contributed by atoms with van der Waals surface area (Å²) in [5, 5.41) is 0. The molecule has 2 rings (SSSR count). The van der Waals surface area contributed by atoms with E-state index in [9.17, 15) is 9.59 Å². The Labute approximate surface area is 129 Å². The van der Waals surface area contributed by atoms with Gasteiger partial charge in [0.25, 0.3) is 5.78 Å².